The van der Waals surface area contributed by atoms with E-state index in [2.05, 4.69) is 0 Å². The van der Waals surface area contributed by atoms with Gasteiger partial charge in [0.05, 0.1) is 17.1 Å². The quantitative estimate of drug-likeness (QED) is 0.535. The zero-order chi connectivity index (χ0) is 19.4. The van der Waals surface area contributed by atoms with Gasteiger partial charge in [0.1, 0.15) is 11.5 Å². The van der Waals surface area contributed by atoms with Crippen LogP contribution in [0.15, 0.2) is 45.7 Å². The van der Waals surface area contributed by atoms with Crippen LogP contribution in [0.4, 0.5) is 4.79 Å². The highest BCUT2D eigenvalue weighted by molar-refractivity contribution is 8.18. The molecule has 1 aliphatic heterocycles. The van der Waals surface area contributed by atoms with Gasteiger partial charge < -0.3 is 9.15 Å². The van der Waals surface area contributed by atoms with E-state index in [0.29, 0.717) is 35.1 Å². The molecule has 1 fully saturated rings. The molecule has 7 heteroatoms. The lowest BCUT2D eigenvalue weighted by Crippen LogP contribution is -2.28. The summed E-state index contributed by atoms with van der Waals surface area (Å²) in [7, 11) is 0. The monoisotopic (exact) mass is 385 g/mol. The van der Waals surface area contributed by atoms with Gasteiger partial charge in [0.2, 0.25) is 0 Å². The molecule has 0 radical (unpaired) electrons. The molecule has 2 aromatic rings. The van der Waals surface area contributed by atoms with Crippen LogP contribution in [0.2, 0.25) is 0 Å². The number of thioether (sulfide) groups is 1. The number of nitrogens with zero attached hydrogens (tertiary/aromatic N) is 1. The Morgan fingerprint density at radius 1 is 1.15 bits per heavy atom. The van der Waals surface area contributed by atoms with Crippen molar-refractivity contribution in [1.82, 2.24) is 4.90 Å². The summed E-state index contributed by atoms with van der Waals surface area (Å²) in [6.07, 6.45) is 2.30. The number of esters is 1. The van der Waals surface area contributed by atoms with Gasteiger partial charge in [-0.05, 0) is 49.4 Å². The zero-order valence-electron chi connectivity index (χ0n) is 15.1. The lowest BCUT2D eigenvalue weighted by molar-refractivity contribution is -0.122. The van der Waals surface area contributed by atoms with Crippen molar-refractivity contribution < 1.29 is 23.5 Å². The second-order valence-electron chi connectivity index (χ2n) is 5.83. The van der Waals surface area contributed by atoms with E-state index in [-0.39, 0.29) is 17.1 Å². The summed E-state index contributed by atoms with van der Waals surface area (Å²) in [6, 6.07) is 10.4. The van der Waals surface area contributed by atoms with E-state index in [1.807, 2.05) is 6.92 Å². The molecule has 0 atom stereocenters. The topological polar surface area (TPSA) is 76.8 Å². The normalized spacial score (nSPS) is 15.6. The second-order valence-corrected chi connectivity index (χ2v) is 6.83. The number of carbonyl (C=O) groups is 3. The minimum atomic E-state index is -0.369. The standard InChI is InChI=1S/C20H19NO5S/c1-3-11-21-18(22)17(27-20(21)24)12-15-9-10-16(26-15)13-5-7-14(8-6-13)19(23)25-4-2/h5-10,12H,3-4,11H2,1-2H3/b17-12+. The smallest absolute Gasteiger partial charge is 0.338 e. The molecule has 2 amide bonds. The third kappa shape index (κ3) is 4.14. The van der Waals surface area contributed by atoms with Gasteiger partial charge in [0, 0.05) is 18.2 Å². The van der Waals surface area contributed by atoms with Gasteiger partial charge in [-0.3, -0.25) is 14.5 Å². The van der Waals surface area contributed by atoms with Crippen LogP contribution in [0.25, 0.3) is 17.4 Å². The fourth-order valence-electron chi connectivity index (χ4n) is 2.62. The van der Waals surface area contributed by atoms with Crippen LogP contribution in [-0.2, 0) is 9.53 Å². The maximum absolute atomic E-state index is 12.3. The largest absolute Gasteiger partial charge is 0.462 e. The van der Waals surface area contributed by atoms with E-state index in [0.717, 1.165) is 23.7 Å². The summed E-state index contributed by atoms with van der Waals surface area (Å²) in [6.45, 7) is 4.41. The molecule has 1 aliphatic rings. The number of carbonyl (C=O) groups excluding carboxylic acids is 3. The van der Waals surface area contributed by atoms with Crippen molar-refractivity contribution in [2.24, 2.45) is 0 Å². The van der Waals surface area contributed by atoms with E-state index in [1.165, 1.54) is 4.90 Å². The van der Waals surface area contributed by atoms with E-state index < -0.39 is 0 Å². The summed E-state index contributed by atoms with van der Waals surface area (Å²) >= 11 is 0.919. The lowest BCUT2D eigenvalue weighted by Gasteiger charge is -2.09. The summed E-state index contributed by atoms with van der Waals surface area (Å²) < 4.78 is 10.7. The maximum atomic E-state index is 12.3. The molecule has 0 saturated carbocycles. The van der Waals surface area contributed by atoms with Crippen molar-refractivity contribution in [3.63, 3.8) is 0 Å². The van der Waals surface area contributed by atoms with Crippen LogP contribution in [-0.4, -0.2) is 35.2 Å². The van der Waals surface area contributed by atoms with E-state index in [4.69, 9.17) is 9.15 Å². The minimum Gasteiger partial charge on any atom is -0.462 e. The number of furan rings is 1. The Morgan fingerprint density at radius 2 is 1.89 bits per heavy atom. The molecule has 0 unspecified atom stereocenters. The minimum absolute atomic E-state index is 0.255. The molecule has 0 aliphatic carbocycles. The molecule has 27 heavy (non-hydrogen) atoms. The van der Waals surface area contributed by atoms with Gasteiger partial charge in [0.15, 0.2) is 0 Å². The van der Waals surface area contributed by atoms with Gasteiger partial charge in [-0.15, -0.1) is 0 Å². The molecule has 1 saturated heterocycles. The highest BCUT2D eigenvalue weighted by Gasteiger charge is 2.34. The Morgan fingerprint density at radius 3 is 2.56 bits per heavy atom. The number of amides is 2. The zero-order valence-corrected chi connectivity index (χ0v) is 15.9. The number of imide groups is 1. The molecular weight excluding hydrogens is 366 g/mol. The Hall–Kier alpha value is -2.80. The first-order chi connectivity index (χ1) is 13.0. The average Bonchev–Trinajstić information content (AvgIpc) is 3.23. The van der Waals surface area contributed by atoms with Gasteiger partial charge in [0.25, 0.3) is 11.1 Å². The molecular formula is C20H19NO5S. The summed E-state index contributed by atoms with van der Waals surface area (Å²) in [4.78, 5) is 37.5. The summed E-state index contributed by atoms with van der Waals surface area (Å²) in [5.74, 6) is 0.432. The van der Waals surface area contributed by atoms with Gasteiger partial charge in [-0.2, -0.15) is 0 Å². The summed E-state index contributed by atoms with van der Waals surface area (Å²) in [5, 5.41) is -0.255. The first-order valence-corrected chi connectivity index (χ1v) is 9.48. The third-order valence-electron chi connectivity index (χ3n) is 3.90. The molecule has 1 aromatic heterocycles. The van der Waals surface area contributed by atoms with Crippen LogP contribution in [0, 0.1) is 0 Å². The highest BCUT2D eigenvalue weighted by atomic mass is 32.2. The third-order valence-corrected chi connectivity index (χ3v) is 4.81. The lowest BCUT2D eigenvalue weighted by atomic mass is 10.1. The Balaban J connectivity index is 1.76. The molecule has 0 spiro atoms. The van der Waals surface area contributed by atoms with Gasteiger partial charge in [-0.1, -0.05) is 19.1 Å². The van der Waals surface area contributed by atoms with E-state index in [1.54, 1.807) is 49.4 Å². The van der Waals surface area contributed by atoms with Crippen molar-refractivity contribution >= 4 is 35.0 Å². The predicted molar refractivity (Wildman–Crippen MR) is 103 cm³/mol. The first-order valence-electron chi connectivity index (χ1n) is 8.66. The fourth-order valence-corrected chi connectivity index (χ4v) is 3.46. The SMILES string of the molecule is CCCN1C(=O)S/C(=C/c2ccc(-c3ccc(C(=O)OCC)cc3)o2)C1=O. The van der Waals surface area contributed by atoms with E-state index >= 15 is 0 Å². The number of benzene rings is 1. The Bertz CT molecular complexity index is 897. The van der Waals surface area contributed by atoms with Crippen molar-refractivity contribution in [3.05, 3.63) is 52.6 Å². The fraction of sp³-hybridized carbons (Fsp3) is 0.250. The molecule has 140 valence electrons. The number of ether oxygens (including phenoxy) is 1. The van der Waals surface area contributed by atoms with Gasteiger partial charge in [-0.25, -0.2) is 4.79 Å². The van der Waals surface area contributed by atoms with Gasteiger partial charge >= 0.3 is 5.97 Å². The number of rotatable bonds is 6. The van der Waals surface area contributed by atoms with Crippen molar-refractivity contribution in [2.75, 3.05) is 13.2 Å². The van der Waals surface area contributed by atoms with Crippen molar-refractivity contribution in [1.29, 1.82) is 0 Å². The van der Waals surface area contributed by atoms with Crippen LogP contribution in [0.5, 0.6) is 0 Å². The second kappa shape index (κ2) is 8.26. The van der Waals surface area contributed by atoms with Crippen LogP contribution in [0.1, 0.15) is 36.4 Å². The molecule has 0 bridgehead atoms. The maximum Gasteiger partial charge on any atom is 0.338 e. The Kier molecular flexibility index (Phi) is 5.81. The predicted octanol–water partition coefficient (Wildman–Crippen LogP) is 4.57. The molecule has 1 aromatic carbocycles. The van der Waals surface area contributed by atoms with Crippen molar-refractivity contribution in [2.45, 2.75) is 20.3 Å². The van der Waals surface area contributed by atoms with Crippen LogP contribution >= 0.6 is 11.8 Å². The van der Waals surface area contributed by atoms with Crippen molar-refractivity contribution in [3.8, 4) is 11.3 Å². The first kappa shape index (κ1) is 19.0. The average molecular weight is 385 g/mol. The molecule has 6 nitrogen and oxygen atoms in total. The van der Waals surface area contributed by atoms with Crippen LogP contribution < -0.4 is 0 Å². The summed E-state index contributed by atoms with van der Waals surface area (Å²) in [5.41, 5.74) is 1.26. The van der Waals surface area contributed by atoms with E-state index in [9.17, 15) is 14.4 Å². The number of hydrogen-bond donors (Lipinski definition) is 0. The molecule has 3 rings (SSSR count). The highest BCUT2D eigenvalue weighted by Crippen LogP contribution is 2.33. The Labute approximate surface area is 161 Å². The van der Waals surface area contributed by atoms with Crippen LogP contribution in [0.3, 0.4) is 0 Å². The number of hydrogen-bond acceptors (Lipinski definition) is 6. The molecule has 0 N–H and O–H groups in total. The molecule has 2 heterocycles.